The van der Waals surface area contributed by atoms with E-state index >= 15 is 0 Å². The van der Waals surface area contributed by atoms with Gasteiger partial charge in [-0.3, -0.25) is 6.08 Å². The Balaban J connectivity index is 0.000000252. The second-order valence-electron chi connectivity index (χ2n) is 16.5. The minimum atomic E-state index is 0. The molecule has 0 aliphatic heterocycles. The number of aryl methyl sites for hydroxylation is 2. The normalized spacial score (nSPS) is 12.2. The Hall–Kier alpha value is -3.88. The van der Waals surface area contributed by atoms with Crippen LogP contribution in [0.1, 0.15) is 92.5 Å². The first kappa shape index (κ1) is 44.8. The van der Waals surface area contributed by atoms with Gasteiger partial charge in [-0.05, 0) is 39.5 Å². The smallest absolute Gasteiger partial charge is 0.109 e. The van der Waals surface area contributed by atoms with Crippen molar-refractivity contribution in [2.24, 2.45) is 0 Å². The van der Waals surface area contributed by atoms with E-state index in [1.807, 2.05) is 12.2 Å². The molecule has 2 aliphatic rings. The number of benzene rings is 6. The molecule has 56 heavy (non-hydrogen) atoms. The summed E-state index contributed by atoms with van der Waals surface area (Å²) in [6, 6.07) is 50.4. The molecule has 8 rings (SSSR count). The first-order valence-electron chi connectivity index (χ1n) is 19.1. The van der Waals surface area contributed by atoms with Crippen molar-refractivity contribution in [3.63, 3.8) is 0 Å². The van der Waals surface area contributed by atoms with Crippen molar-refractivity contribution in [3.05, 3.63) is 202 Å². The first-order valence-corrected chi connectivity index (χ1v) is 20.9. The number of hydrogen-bond donors (Lipinski definition) is 0. The molecule has 0 N–H and O–H groups in total. The quantitative estimate of drug-likeness (QED) is 0.122. The van der Waals surface area contributed by atoms with E-state index in [1.54, 1.807) is 0 Å². The molecule has 0 nitrogen and oxygen atoms in total. The number of rotatable bonds is 4. The van der Waals surface area contributed by atoms with Crippen LogP contribution in [0.15, 0.2) is 146 Å². The molecule has 6 aromatic rings. The van der Waals surface area contributed by atoms with Gasteiger partial charge >= 0.3 is 112 Å². The van der Waals surface area contributed by atoms with Gasteiger partial charge in [-0.1, -0.05) is 131 Å². The average Bonchev–Trinajstić information content (AvgIpc) is 3.86. The largest absolute Gasteiger partial charge is 0.273 e. The van der Waals surface area contributed by atoms with Gasteiger partial charge in [-0.2, -0.15) is 6.08 Å². The third-order valence-corrected chi connectivity index (χ3v) is 12.2. The van der Waals surface area contributed by atoms with Crippen molar-refractivity contribution in [3.8, 4) is 33.4 Å². The maximum atomic E-state index is 3.88. The van der Waals surface area contributed by atoms with Crippen LogP contribution in [-0.2, 0) is 41.1 Å². The molecule has 0 saturated heterocycles. The Morgan fingerprint density at radius 2 is 1.07 bits per heavy atom. The third-order valence-electron chi connectivity index (χ3n) is 10.1. The van der Waals surface area contributed by atoms with Gasteiger partial charge in [0.1, 0.15) is 0 Å². The topological polar surface area (TPSA) is 0 Å². The maximum Gasteiger partial charge on any atom is -0.109 e. The van der Waals surface area contributed by atoms with Crippen molar-refractivity contribution >= 4 is 28.1 Å². The number of hydrogen-bond acceptors (Lipinski definition) is 0. The standard InChI is InChI=1S/C33H33.C15H14.C5H5.2ClH.Hf/c1-32(2,3)30-20-26-24(18-28(30)22-13-9-7-10-14-22)17-25-19-29(23-15-11-8-12-16-23)31(21-27(25)26)33(4,5)6;1-12-3-7-14(8-4-12)11-15-9-5-13(2)6-10-15;1-2-4-5-3-1;;;/h7-16,18,20-21H,17H2,1-6H3;3-10H,1-2H3;1-3H,4H2;2*1H;/q-1;;-1;;;+2. The zero-order valence-corrected chi connectivity index (χ0v) is 39.3. The molecule has 0 spiro atoms. The van der Waals surface area contributed by atoms with Crippen LogP contribution in [0.2, 0.25) is 0 Å². The van der Waals surface area contributed by atoms with E-state index in [2.05, 4.69) is 201 Å². The Morgan fingerprint density at radius 3 is 1.52 bits per heavy atom. The monoisotopic (exact) mass is 940 g/mol. The van der Waals surface area contributed by atoms with Crippen LogP contribution in [0, 0.1) is 26.0 Å². The van der Waals surface area contributed by atoms with Gasteiger partial charge in [0, 0.05) is 0 Å². The fraction of sp³-hybridized carbons (Fsp3) is 0.226. The van der Waals surface area contributed by atoms with Crippen LogP contribution in [0.4, 0.5) is 0 Å². The Labute approximate surface area is 364 Å². The fourth-order valence-electron chi connectivity index (χ4n) is 7.05. The number of fused-ring (bicyclic) bond motifs is 3. The minimum absolute atomic E-state index is 0. The summed E-state index contributed by atoms with van der Waals surface area (Å²) < 4.78 is 1.47. The van der Waals surface area contributed by atoms with Gasteiger partial charge in [0.25, 0.3) is 0 Å². The molecule has 0 bridgehead atoms. The van der Waals surface area contributed by atoms with Gasteiger partial charge in [-0.15, -0.1) is 60.1 Å². The molecule has 6 aromatic carbocycles. The molecular formula is C53H54Cl2Hf. The molecule has 0 amide bonds. The maximum absolute atomic E-state index is 3.88. The van der Waals surface area contributed by atoms with Gasteiger partial charge in [0.2, 0.25) is 0 Å². The molecule has 0 unspecified atom stereocenters. The van der Waals surface area contributed by atoms with E-state index in [1.165, 1.54) is 81.1 Å². The van der Waals surface area contributed by atoms with Crippen LogP contribution in [0.5, 0.6) is 0 Å². The van der Waals surface area contributed by atoms with Crippen molar-refractivity contribution in [2.45, 2.75) is 79.1 Å². The summed E-state index contributed by atoms with van der Waals surface area (Å²) >= 11 is 1.08. The van der Waals surface area contributed by atoms with Crippen LogP contribution in [0.25, 0.3) is 33.4 Å². The van der Waals surface area contributed by atoms with Crippen molar-refractivity contribution in [2.75, 3.05) is 0 Å². The molecule has 0 aromatic heterocycles. The van der Waals surface area contributed by atoms with Gasteiger partial charge in [-0.25, -0.2) is 12.2 Å². The summed E-state index contributed by atoms with van der Waals surface area (Å²) in [5.41, 5.74) is 18.9. The first-order chi connectivity index (χ1) is 25.8. The minimum Gasteiger partial charge on any atom is -0.273 e. The van der Waals surface area contributed by atoms with E-state index in [9.17, 15) is 0 Å². The predicted octanol–water partition coefficient (Wildman–Crippen LogP) is 14.6. The molecule has 0 saturated carbocycles. The summed E-state index contributed by atoms with van der Waals surface area (Å²) in [4.78, 5) is 0. The second-order valence-corrected chi connectivity index (χ2v) is 18.3. The average molecular weight is 940 g/mol. The van der Waals surface area contributed by atoms with E-state index < -0.39 is 0 Å². The number of allylic oxidation sites excluding steroid dienone is 4. The number of halogens is 2. The summed E-state index contributed by atoms with van der Waals surface area (Å²) in [5.74, 6) is 0. The second kappa shape index (κ2) is 19.5. The molecular weight excluding hydrogens is 886 g/mol. The Kier molecular flexibility index (Phi) is 15.6. The Morgan fingerprint density at radius 1 is 0.571 bits per heavy atom. The van der Waals surface area contributed by atoms with E-state index in [0.29, 0.717) is 0 Å². The van der Waals surface area contributed by atoms with Gasteiger partial charge < -0.3 is 0 Å². The van der Waals surface area contributed by atoms with Gasteiger partial charge in [0.05, 0.1) is 0 Å². The third kappa shape index (κ3) is 10.9. The summed E-state index contributed by atoms with van der Waals surface area (Å²) in [7, 11) is 0. The summed E-state index contributed by atoms with van der Waals surface area (Å²) in [5, 5.41) is 0. The Bertz CT molecular complexity index is 2120. The van der Waals surface area contributed by atoms with Crippen LogP contribution < -0.4 is 0 Å². The summed E-state index contributed by atoms with van der Waals surface area (Å²) in [6.07, 6.45) is 10.9. The predicted molar refractivity (Wildman–Crippen MR) is 243 cm³/mol. The van der Waals surface area contributed by atoms with Gasteiger partial charge in [0.15, 0.2) is 0 Å². The molecule has 0 atom stereocenters. The molecule has 0 fully saturated rings. The molecule has 0 radical (unpaired) electrons. The van der Waals surface area contributed by atoms with Crippen molar-refractivity contribution in [1.29, 1.82) is 0 Å². The van der Waals surface area contributed by atoms with Crippen LogP contribution in [-0.4, -0.2) is 3.26 Å². The van der Waals surface area contributed by atoms with E-state index in [4.69, 9.17) is 0 Å². The van der Waals surface area contributed by atoms with Crippen LogP contribution in [0.3, 0.4) is 0 Å². The molecule has 2 aliphatic carbocycles. The van der Waals surface area contributed by atoms with Crippen molar-refractivity contribution in [1.82, 2.24) is 0 Å². The molecule has 0 heterocycles. The zero-order valence-electron chi connectivity index (χ0n) is 34.1. The summed E-state index contributed by atoms with van der Waals surface area (Å²) in [6.45, 7) is 18.1. The fourth-order valence-corrected chi connectivity index (χ4v) is 8.25. The zero-order chi connectivity index (χ0) is 38.5. The van der Waals surface area contributed by atoms with E-state index in [-0.39, 0.29) is 35.6 Å². The van der Waals surface area contributed by atoms with Crippen LogP contribution >= 0.6 is 24.8 Å². The van der Waals surface area contributed by atoms with Crippen molar-refractivity contribution < 1.29 is 23.9 Å². The van der Waals surface area contributed by atoms with E-state index in [0.717, 1.165) is 36.7 Å². The SMILES string of the molecule is CC(C)(C)c1cc2c([c-]c1-c1ccccc1)Cc1cc(-c3ccccc3)c(C(C)(C)C)cc1-2.Cc1ccc([C](=[Hf+2])c2ccc(C)cc2)cc1.Cl.Cl.[C-]1=CC=CC1. The molecule has 3 heteroatoms. The molecule has 284 valence electrons.